The number of nitrogens with zero attached hydrogens (tertiary/aromatic N) is 6. The van der Waals surface area contributed by atoms with Crippen molar-refractivity contribution in [3.05, 3.63) is 52.2 Å². The summed E-state index contributed by atoms with van der Waals surface area (Å²) in [5.74, 6) is 0.448. The number of amides is 1. The van der Waals surface area contributed by atoms with E-state index >= 15 is 0 Å². The molecule has 0 unspecified atom stereocenters. The molecule has 0 fully saturated rings. The van der Waals surface area contributed by atoms with Crippen molar-refractivity contribution >= 4 is 5.91 Å². The summed E-state index contributed by atoms with van der Waals surface area (Å²) in [5, 5.41) is 0. The number of hydrogen-bond acceptors (Lipinski definition) is 6. The summed E-state index contributed by atoms with van der Waals surface area (Å²) in [7, 11) is 0. The van der Waals surface area contributed by atoms with Crippen molar-refractivity contribution in [2.75, 3.05) is 19.6 Å². The van der Waals surface area contributed by atoms with Gasteiger partial charge in [0.05, 0.1) is 18.4 Å². The number of hydrogen-bond donors (Lipinski definition) is 0. The summed E-state index contributed by atoms with van der Waals surface area (Å²) >= 11 is 0. The first kappa shape index (κ1) is 18.2. The molecule has 0 aliphatic carbocycles. The minimum absolute atomic E-state index is 0.0500. The Hall–Kier alpha value is -2.61. The third-order valence-electron chi connectivity index (χ3n) is 4.63. The monoisotopic (exact) mass is 356 g/mol. The molecule has 0 bridgehead atoms. The number of carbonyl (C=O) groups excluding carboxylic acids is 1. The van der Waals surface area contributed by atoms with Gasteiger partial charge in [0.15, 0.2) is 0 Å². The first-order chi connectivity index (χ1) is 12.6. The highest BCUT2D eigenvalue weighted by atomic mass is 16.2. The first-order valence-electron chi connectivity index (χ1n) is 8.99. The summed E-state index contributed by atoms with van der Waals surface area (Å²) in [4.78, 5) is 41.9. The number of rotatable bonds is 5. The molecular weight excluding hydrogens is 332 g/mol. The van der Waals surface area contributed by atoms with Crippen LogP contribution in [0.1, 0.15) is 42.3 Å². The van der Waals surface area contributed by atoms with Gasteiger partial charge in [-0.05, 0) is 19.5 Å². The lowest BCUT2D eigenvalue weighted by Crippen LogP contribution is -2.33. The SMILES string of the molecule is CCN(CC)Cc1cc(=O)n2c(n1)CN(C(=O)c1cnccn1)CCC2. The van der Waals surface area contributed by atoms with Gasteiger partial charge < -0.3 is 4.90 Å². The summed E-state index contributed by atoms with van der Waals surface area (Å²) in [6.45, 7) is 8.02. The van der Waals surface area contributed by atoms with Crippen LogP contribution in [0.3, 0.4) is 0 Å². The van der Waals surface area contributed by atoms with Gasteiger partial charge in [-0.2, -0.15) is 0 Å². The van der Waals surface area contributed by atoms with E-state index in [1.807, 2.05) is 0 Å². The quantitative estimate of drug-likeness (QED) is 0.792. The van der Waals surface area contributed by atoms with Crippen LogP contribution in [-0.4, -0.2) is 54.9 Å². The van der Waals surface area contributed by atoms with Crippen LogP contribution >= 0.6 is 0 Å². The smallest absolute Gasteiger partial charge is 0.274 e. The van der Waals surface area contributed by atoms with Gasteiger partial charge in [0.1, 0.15) is 11.5 Å². The van der Waals surface area contributed by atoms with E-state index in [0.717, 1.165) is 18.8 Å². The second-order valence-corrected chi connectivity index (χ2v) is 6.29. The van der Waals surface area contributed by atoms with Gasteiger partial charge >= 0.3 is 0 Å². The van der Waals surface area contributed by atoms with Gasteiger partial charge in [0, 0.05) is 38.1 Å². The van der Waals surface area contributed by atoms with Crippen molar-refractivity contribution in [1.29, 1.82) is 0 Å². The van der Waals surface area contributed by atoms with E-state index in [1.165, 1.54) is 18.6 Å². The lowest BCUT2D eigenvalue weighted by atomic mass is 10.3. The molecule has 1 aliphatic heterocycles. The zero-order valence-corrected chi connectivity index (χ0v) is 15.3. The number of fused-ring (bicyclic) bond motifs is 1. The molecule has 138 valence electrons. The van der Waals surface area contributed by atoms with Gasteiger partial charge in [-0.3, -0.25) is 24.0 Å². The van der Waals surface area contributed by atoms with Gasteiger partial charge in [-0.25, -0.2) is 9.97 Å². The largest absolute Gasteiger partial charge is 0.330 e. The highest BCUT2D eigenvalue weighted by molar-refractivity contribution is 5.91. The second-order valence-electron chi connectivity index (χ2n) is 6.29. The summed E-state index contributed by atoms with van der Waals surface area (Å²) in [5.41, 5.74) is 1.01. The molecule has 3 heterocycles. The Kier molecular flexibility index (Phi) is 5.72. The van der Waals surface area contributed by atoms with Crippen molar-refractivity contribution < 1.29 is 4.79 Å². The molecule has 1 aliphatic rings. The molecule has 8 nitrogen and oxygen atoms in total. The van der Waals surface area contributed by atoms with E-state index in [1.54, 1.807) is 15.5 Å². The number of aromatic nitrogens is 4. The average molecular weight is 356 g/mol. The fourth-order valence-corrected chi connectivity index (χ4v) is 3.14. The van der Waals surface area contributed by atoms with Crippen LogP contribution in [-0.2, 0) is 19.6 Å². The van der Waals surface area contributed by atoms with E-state index in [9.17, 15) is 9.59 Å². The Morgan fingerprint density at radius 1 is 1.23 bits per heavy atom. The molecule has 0 aromatic carbocycles. The Morgan fingerprint density at radius 3 is 2.73 bits per heavy atom. The lowest BCUT2D eigenvalue weighted by molar-refractivity contribution is 0.0737. The van der Waals surface area contributed by atoms with E-state index in [4.69, 9.17) is 0 Å². The molecule has 0 atom stereocenters. The van der Waals surface area contributed by atoms with Crippen molar-refractivity contribution in [3.63, 3.8) is 0 Å². The van der Waals surface area contributed by atoms with E-state index < -0.39 is 0 Å². The van der Waals surface area contributed by atoms with Crippen LogP contribution in [0.5, 0.6) is 0 Å². The Bertz CT molecular complexity index is 816. The normalized spacial score (nSPS) is 14.2. The van der Waals surface area contributed by atoms with E-state index in [-0.39, 0.29) is 11.5 Å². The van der Waals surface area contributed by atoms with Crippen molar-refractivity contribution in [2.24, 2.45) is 0 Å². The van der Waals surface area contributed by atoms with Gasteiger partial charge in [0.2, 0.25) is 0 Å². The van der Waals surface area contributed by atoms with Crippen LogP contribution in [0.15, 0.2) is 29.5 Å². The van der Waals surface area contributed by atoms with Crippen LogP contribution < -0.4 is 5.56 Å². The Morgan fingerprint density at radius 2 is 2.04 bits per heavy atom. The molecule has 2 aromatic rings. The van der Waals surface area contributed by atoms with Gasteiger partial charge in [-0.15, -0.1) is 0 Å². The van der Waals surface area contributed by atoms with Crippen molar-refractivity contribution in [3.8, 4) is 0 Å². The fraction of sp³-hybridized carbons (Fsp3) is 0.500. The zero-order chi connectivity index (χ0) is 18.5. The van der Waals surface area contributed by atoms with Crippen LogP contribution in [0, 0.1) is 0 Å². The molecular formula is C18H24N6O2. The molecule has 0 radical (unpaired) electrons. The maximum Gasteiger partial charge on any atom is 0.274 e. The Labute approximate surface area is 152 Å². The lowest BCUT2D eigenvalue weighted by Gasteiger charge is -2.21. The van der Waals surface area contributed by atoms with E-state index in [2.05, 4.69) is 33.7 Å². The molecule has 3 rings (SSSR count). The highest BCUT2D eigenvalue weighted by Crippen LogP contribution is 2.12. The van der Waals surface area contributed by atoms with Gasteiger partial charge in [-0.1, -0.05) is 13.8 Å². The van der Waals surface area contributed by atoms with E-state index in [0.29, 0.717) is 44.1 Å². The fourth-order valence-electron chi connectivity index (χ4n) is 3.14. The first-order valence-corrected chi connectivity index (χ1v) is 8.99. The minimum atomic E-state index is -0.185. The summed E-state index contributed by atoms with van der Waals surface area (Å²) in [6, 6.07) is 1.61. The molecule has 2 aromatic heterocycles. The molecule has 26 heavy (non-hydrogen) atoms. The summed E-state index contributed by atoms with van der Waals surface area (Å²) in [6.07, 6.45) is 5.21. The molecule has 0 spiro atoms. The summed E-state index contributed by atoms with van der Waals surface area (Å²) < 4.78 is 1.68. The van der Waals surface area contributed by atoms with Crippen molar-refractivity contribution in [1.82, 2.24) is 29.3 Å². The molecule has 1 amide bonds. The minimum Gasteiger partial charge on any atom is -0.330 e. The van der Waals surface area contributed by atoms with Crippen LogP contribution in [0.4, 0.5) is 0 Å². The zero-order valence-electron chi connectivity index (χ0n) is 15.3. The maximum atomic E-state index is 12.7. The molecule has 8 heteroatoms. The highest BCUT2D eigenvalue weighted by Gasteiger charge is 2.23. The van der Waals surface area contributed by atoms with Crippen LogP contribution in [0.25, 0.3) is 0 Å². The molecule has 0 saturated carbocycles. The third kappa shape index (κ3) is 3.96. The predicted octanol–water partition coefficient (Wildman–Crippen LogP) is 0.921. The van der Waals surface area contributed by atoms with Crippen molar-refractivity contribution in [2.45, 2.75) is 39.9 Å². The standard InChI is InChI=1S/C18H24N6O2/c1-3-22(4-2)12-14-10-17(25)24-9-5-8-23(13-16(24)21-14)18(26)15-11-19-6-7-20-15/h6-7,10-11H,3-5,8-9,12-13H2,1-2H3. The molecule has 0 saturated heterocycles. The molecule has 0 N–H and O–H groups in total. The predicted molar refractivity (Wildman–Crippen MR) is 96.5 cm³/mol. The van der Waals surface area contributed by atoms with Crippen LogP contribution in [0.2, 0.25) is 0 Å². The second kappa shape index (κ2) is 8.18. The Balaban J connectivity index is 1.87. The average Bonchev–Trinajstić information content (AvgIpc) is 2.89. The topological polar surface area (TPSA) is 84.2 Å². The maximum absolute atomic E-state index is 12.7. The number of carbonyl (C=O) groups is 1. The van der Waals surface area contributed by atoms with Gasteiger partial charge in [0.25, 0.3) is 11.5 Å². The third-order valence-corrected chi connectivity index (χ3v) is 4.63.